The summed E-state index contributed by atoms with van der Waals surface area (Å²) in [6.45, 7) is 4.25. The van der Waals surface area contributed by atoms with Gasteiger partial charge in [-0.3, -0.25) is 14.7 Å². The van der Waals surface area contributed by atoms with E-state index in [0.717, 1.165) is 25.2 Å². The van der Waals surface area contributed by atoms with Crippen molar-refractivity contribution in [1.82, 2.24) is 9.88 Å². The van der Waals surface area contributed by atoms with Gasteiger partial charge in [-0.25, -0.2) is 0 Å². The van der Waals surface area contributed by atoms with Gasteiger partial charge in [0.2, 0.25) is 0 Å². The second-order valence-corrected chi connectivity index (χ2v) is 7.32. The molecule has 1 fully saturated rings. The number of phenolic OH excluding ortho intramolecular Hbond substituents is 1. The number of ketones is 1. The number of phenols is 1. The molecule has 5 nitrogen and oxygen atoms in total. The molecule has 5 heteroatoms. The Morgan fingerprint density at radius 3 is 2.69 bits per heavy atom. The maximum atomic E-state index is 12.4. The smallest absolute Gasteiger partial charge is 0.176 e. The van der Waals surface area contributed by atoms with Gasteiger partial charge in [0, 0.05) is 37.0 Å². The van der Waals surface area contributed by atoms with Gasteiger partial charge in [0.1, 0.15) is 5.75 Å². The number of Topliss-reactive ketones (excluding diaryl/α,β-unsaturated/α-hetero) is 1. The van der Waals surface area contributed by atoms with E-state index >= 15 is 0 Å². The maximum Gasteiger partial charge on any atom is 0.176 e. The molecule has 0 spiro atoms. The molecule has 1 saturated heterocycles. The van der Waals surface area contributed by atoms with E-state index in [1.807, 2.05) is 18.2 Å². The van der Waals surface area contributed by atoms with E-state index in [0.29, 0.717) is 30.4 Å². The first-order valence-corrected chi connectivity index (χ1v) is 9.14. The third-order valence-corrected chi connectivity index (χ3v) is 5.15. The first-order valence-electron chi connectivity index (χ1n) is 9.14. The van der Waals surface area contributed by atoms with Crippen LogP contribution >= 0.6 is 0 Å². The quantitative estimate of drug-likeness (QED) is 0.748. The minimum Gasteiger partial charge on any atom is -0.508 e. The molecule has 0 aliphatic carbocycles. The highest BCUT2D eigenvalue weighted by Gasteiger charge is 2.32. The van der Waals surface area contributed by atoms with E-state index in [-0.39, 0.29) is 11.5 Å². The van der Waals surface area contributed by atoms with E-state index in [9.17, 15) is 15.0 Å². The fraction of sp³-hybridized carbons (Fsp3) is 0.429. The number of carbonyl (C=O) groups is 1. The third kappa shape index (κ3) is 4.90. The van der Waals surface area contributed by atoms with Crippen LogP contribution in [0.2, 0.25) is 0 Å². The number of nitrogens with zero attached hydrogens (tertiary/aromatic N) is 2. The van der Waals surface area contributed by atoms with Gasteiger partial charge in [0.25, 0.3) is 0 Å². The molecule has 0 bridgehead atoms. The summed E-state index contributed by atoms with van der Waals surface area (Å²) in [7, 11) is 0. The van der Waals surface area contributed by atoms with E-state index < -0.39 is 6.10 Å². The molecule has 26 heavy (non-hydrogen) atoms. The Bertz CT molecular complexity index is 718. The van der Waals surface area contributed by atoms with Gasteiger partial charge in [-0.05, 0) is 54.7 Å². The van der Waals surface area contributed by atoms with Crippen LogP contribution in [-0.2, 0) is 6.42 Å². The van der Waals surface area contributed by atoms with Gasteiger partial charge in [0.15, 0.2) is 5.78 Å². The zero-order chi connectivity index (χ0) is 18.5. The van der Waals surface area contributed by atoms with Crippen molar-refractivity contribution in [3.8, 4) is 5.75 Å². The van der Waals surface area contributed by atoms with Crippen LogP contribution in [0.15, 0.2) is 48.7 Å². The highest BCUT2D eigenvalue weighted by molar-refractivity contribution is 5.97. The molecule has 0 saturated carbocycles. The molecule has 0 radical (unpaired) electrons. The number of carbonyl (C=O) groups excluding carboxylic acids is 1. The van der Waals surface area contributed by atoms with Crippen LogP contribution in [-0.4, -0.2) is 51.6 Å². The Labute approximate surface area is 154 Å². The Morgan fingerprint density at radius 2 is 2.00 bits per heavy atom. The number of pyridine rings is 1. The fourth-order valence-corrected chi connectivity index (χ4v) is 3.71. The van der Waals surface area contributed by atoms with Gasteiger partial charge in [-0.1, -0.05) is 13.0 Å². The Hall–Kier alpha value is -2.24. The van der Waals surface area contributed by atoms with Crippen LogP contribution in [0.4, 0.5) is 0 Å². The standard InChI is InChI=1S/C21H26N2O3/c1-15-12-23(14-21(26)16-5-7-19(24)8-6-16)13-17(15)10-20(25)11-18-4-2-3-9-22-18/h2-9,15,17,20,24-25H,10-14H2,1H3. The Morgan fingerprint density at radius 1 is 1.23 bits per heavy atom. The number of aliphatic hydroxyl groups is 1. The predicted octanol–water partition coefficient (Wildman–Crippen LogP) is 2.53. The number of likely N-dealkylation sites (tertiary alicyclic amines) is 1. The molecule has 138 valence electrons. The van der Waals surface area contributed by atoms with Crippen LogP contribution < -0.4 is 0 Å². The summed E-state index contributed by atoms with van der Waals surface area (Å²) < 4.78 is 0. The number of hydrogen-bond donors (Lipinski definition) is 2. The number of hydrogen-bond acceptors (Lipinski definition) is 5. The van der Waals surface area contributed by atoms with Gasteiger partial charge < -0.3 is 10.2 Å². The van der Waals surface area contributed by atoms with Gasteiger partial charge in [-0.2, -0.15) is 0 Å². The van der Waals surface area contributed by atoms with Gasteiger partial charge in [0.05, 0.1) is 12.6 Å². The summed E-state index contributed by atoms with van der Waals surface area (Å²) >= 11 is 0. The highest BCUT2D eigenvalue weighted by Crippen LogP contribution is 2.28. The zero-order valence-electron chi connectivity index (χ0n) is 15.1. The molecule has 1 aliphatic heterocycles. The summed E-state index contributed by atoms with van der Waals surface area (Å²) in [5, 5.41) is 19.7. The van der Waals surface area contributed by atoms with Crippen molar-refractivity contribution in [2.75, 3.05) is 19.6 Å². The van der Waals surface area contributed by atoms with Crippen LogP contribution in [0.25, 0.3) is 0 Å². The van der Waals surface area contributed by atoms with Crippen LogP contribution in [0.1, 0.15) is 29.4 Å². The second kappa shape index (κ2) is 8.43. The SMILES string of the molecule is CC1CN(CC(=O)c2ccc(O)cc2)CC1CC(O)Cc1ccccn1. The van der Waals surface area contributed by atoms with Gasteiger partial charge >= 0.3 is 0 Å². The van der Waals surface area contributed by atoms with Crippen LogP contribution in [0, 0.1) is 11.8 Å². The van der Waals surface area contributed by atoms with Crippen LogP contribution in [0.3, 0.4) is 0 Å². The molecular formula is C21H26N2O3. The number of benzene rings is 1. The zero-order valence-corrected chi connectivity index (χ0v) is 15.1. The number of aromatic hydroxyl groups is 1. The number of aromatic nitrogens is 1. The third-order valence-electron chi connectivity index (χ3n) is 5.15. The molecule has 2 N–H and O–H groups in total. The van der Waals surface area contributed by atoms with E-state index in [2.05, 4.69) is 16.8 Å². The fourth-order valence-electron chi connectivity index (χ4n) is 3.71. The van der Waals surface area contributed by atoms with Crippen molar-refractivity contribution in [2.24, 2.45) is 11.8 Å². The van der Waals surface area contributed by atoms with E-state index in [4.69, 9.17) is 0 Å². The molecule has 2 heterocycles. The molecular weight excluding hydrogens is 328 g/mol. The molecule has 0 amide bonds. The molecule has 3 unspecified atom stereocenters. The van der Waals surface area contributed by atoms with Crippen molar-refractivity contribution in [1.29, 1.82) is 0 Å². The first kappa shape index (κ1) is 18.5. The summed E-state index contributed by atoms with van der Waals surface area (Å²) in [5.41, 5.74) is 1.53. The van der Waals surface area contributed by atoms with Crippen molar-refractivity contribution < 1.29 is 15.0 Å². The van der Waals surface area contributed by atoms with Gasteiger partial charge in [-0.15, -0.1) is 0 Å². The summed E-state index contributed by atoms with van der Waals surface area (Å²) in [6.07, 6.45) is 2.62. The molecule has 1 aromatic heterocycles. The molecule has 1 aromatic carbocycles. The molecule has 3 atom stereocenters. The lowest BCUT2D eigenvalue weighted by molar-refractivity contribution is 0.0940. The predicted molar refractivity (Wildman–Crippen MR) is 100 cm³/mol. The van der Waals surface area contributed by atoms with Crippen molar-refractivity contribution in [2.45, 2.75) is 25.9 Å². The minimum atomic E-state index is -0.412. The second-order valence-electron chi connectivity index (χ2n) is 7.32. The normalized spacial score (nSPS) is 21.6. The Balaban J connectivity index is 1.50. The monoisotopic (exact) mass is 354 g/mol. The number of aliphatic hydroxyl groups excluding tert-OH is 1. The summed E-state index contributed by atoms with van der Waals surface area (Å²) in [4.78, 5) is 18.8. The topological polar surface area (TPSA) is 73.7 Å². The lowest BCUT2D eigenvalue weighted by Gasteiger charge is -2.19. The highest BCUT2D eigenvalue weighted by atomic mass is 16.3. The van der Waals surface area contributed by atoms with E-state index in [1.165, 1.54) is 12.1 Å². The van der Waals surface area contributed by atoms with Crippen molar-refractivity contribution >= 4 is 5.78 Å². The lowest BCUT2D eigenvalue weighted by Crippen LogP contribution is -2.28. The molecule has 2 aromatic rings. The van der Waals surface area contributed by atoms with Crippen molar-refractivity contribution in [3.05, 3.63) is 59.9 Å². The largest absolute Gasteiger partial charge is 0.508 e. The average Bonchev–Trinajstić information content (AvgIpc) is 2.95. The lowest BCUT2D eigenvalue weighted by atomic mass is 9.91. The first-order chi connectivity index (χ1) is 12.5. The molecule has 1 aliphatic rings. The molecule has 3 rings (SSSR count). The summed E-state index contributed by atoms with van der Waals surface area (Å²) in [6, 6.07) is 12.1. The maximum absolute atomic E-state index is 12.4. The Kier molecular flexibility index (Phi) is 6.01. The summed E-state index contributed by atoms with van der Waals surface area (Å²) in [5.74, 6) is 1.05. The van der Waals surface area contributed by atoms with E-state index in [1.54, 1.807) is 18.3 Å². The van der Waals surface area contributed by atoms with Crippen LogP contribution in [0.5, 0.6) is 5.75 Å². The average molecular weight is 354 g/mol. The minimum absolute atomic E-state index is 0.0619. The van der Waals surface area contributed by atoms with Crippen molar-refractivity contribution in [3.63, 3.8) is 0 Å². The number of rotatable bonds is 7.